The molecule has 1 amide bonds. The molecule has 0 atom stereocenters. The fourth-order valence-corrected chi connectivity index (χ4v) is 3.66. The van der Waals surface area contributed by atoms with Crippen LogP contribution < -0.4 is 4.90 Å². The Labute approximate surface area is 127 Å². The molecule has 1 fully saturated rings. The van der Waals surface area contributed by atoms with E-state index in [9.17, 15) is 10.1 Å². The van der Waals surface area contributed by atoms with Crippen LogP contribution in [0.2, 0.25) is 0 Å². The Balaban J connectivity index is 2.31. The molecule has 2 rings (SSSR count). The van der Waals surface area contributed by atoms with Crippen molar-refractivity contribution < 1.29 is 4.79 Å². The number of para-hydroxylation sites is 1. The molecular weight excluding hydrogens is 260 g/mol. The van der Waals surface area contributed by atoms with Gasteiger partial charge in [-0.05, 0) is 37.3 Å². The van der Waals surface area contributed by atoms with Crippen molar-refractivity contribution in [2.75, 3.05) is 11.9 Å². The van der Waals surface area contributed by atoms with Gasteiger partial charge in [-0.25, -0.2) is 0 Å². The van der Waals surface area contributed by atoms with E-state index in [1.807, 2.05) is 18.2 Å². The number of hydrogen-bond donors (Lipinski definition) is 0. The molecule has 3 heteroatoms. The second kappa shape index (κ2) is 6.30. The molecule has 1 saturated carbocycles. The highest BCUT2D eigenvalue weighted by Gasteiger charge is 2.43. The van der Waals surface area contributed by atoms with Crippen LogP contribution in [0.3, 0.4) is 0 Å². The van der Waals surface area contributed by atoms with Crippen molar-refractivity contribution in [2.24, 2.45) is 11.3 Å². The number of rotatable bonds is 4. The number of anilines is 1. The van der Waals surface area contributed by atoms with Crippen molar-refractivity contribution >= 4 is 11.6 Å². The first kappa shape index (κ1) is 15.6. The van der Waals surface area contributed by atoms with E-state index >= 15 is 0 Å². The molecule has 0 radical (unpaired) electrons. The van der Waals surface area contributed by atoms with Gasteiger partial charge in [0.15, 0.2) is 0 Å². The average molecular weight is 284 g/mol. The highest BCUT2D eigenvalue weighted by atomic mass is 16.2. The minimum Gasteiger partial charge on any atom is -0.314 e. The molecule has 0 aromatic heterocycles. The van der Waals surface area contributed by atoms with Crippen molar-refractivity contribution in [1.29, 1.82) is 5.26 Å². The third kappa shape index (κ3) is 3.10. The van der Waals surface area contributed by atoms with Crippen LogP contribution in [-0.2, 0) is 4.79 Å². The number of carbonyl (C=O) groups excluding carboxylic acids is 1. The maximum absolute atomic E-state index is 13.1. The molecule has 0 aliphatic heterocycles. The maximum Gasteiger partial charge on any atom is 0.232 e. The standard InChI is InChI=1S/C18H24N2O/c1-14(2)12-18(10-6-7-11-18)17(21)20(3)16-9-5-4-8-15(16)13-19/h4-5,8-9,14H,6-7,10-12H2,1-3H3. The van der Waals surface area contributed by atoms with Gasteiger partial charge >= 0.3 is 0 Å². The van der Waals surface area contributed by atoms with Crippen LogP contribution in [0.15, 0.2) is 24.3 Å². The summed E-state index contributed by atoms with van der Waals surface area (Å²) >= 11 is 0. The van der Waals surface area contributed by atoms with Gasteiger partial charge in [0.1, 0.15) is 6.07 Å². The first-order chi connectivity index (χ1) is 10.00. The van der Waals surface area contributed by atoms with E-state index in [1.165, 1.54) is 0 Å². The van der Waals surface area contributed by atoms with Crippen LogP contribution in [-0.4, -0.2) is 13.0 Å². The molecule has 0 N–H and O–H groups in total. The Kier molecular flexibility index (Phi) is 4.67. The van der Waals surface area contributed by atoms with E-state index < -0.39 is 0 Å². The number of hydrogen-bond acceptors (Lipinski definition) is 2. The molecule has 1 aromatic carbocycles. The molecule has 112 valence electrons. The fraction of sp³-hybridized carbons (Fsp3) is 0.556. The van der Waals surface area contributed by atoms with E-state index in [-0.39, 0.29) is 11.3 Å². The van der Waals surface area contributed by atoms with E-state index in [2.05, 4.69) is 19.9 Å². The smallest absolute Gasteiger partial charge is 0.232 e. The summed E-state index contributed by atoms with van der Waals surface area (Å²) in [5.41, 5.74) is 1.05. The van der Waals surface area contributed by atoms with Crippen LogP contribution >= 0.6 is 0 Å². The molecule has 0 unspecified atom stereocenters. The second-order valence-electron chi connectivity index (χ2n) is 6.58. The summed E-state index contributed by atoms with van der Waals surface area (Å²) in [6.07, 6.45) is 5.15. The van der Waals surface area contributed by atoms with Gasteiger partial charge in [-0.2, -0.15) is 5.26 Å². The summed E-state index contributed by atoms with van der Waals surface area (Å²) in [5, 5.41) is 9.24. The van der Waals surface area contributed by atoms with Gasteiger partial charge < -0.3 is 4.90 Å². The molecule has 1 aliphatic carbocycles. The molecule has 0 bridgehead atoms. The Hall–Kier alpha value is -1.82. The zero-order chi connectivity index (χ0) is 15.5. The molecule has 0 saturated heterocycles. The molecule has 0 heterocycles. The first-order valence-corrected chi connectivity index (χ1v) is 7.77. The Bertz CT molecular complexity index is 551. The van der Waals surface area contributed by atoms with Gasteiger partial charge in [0.05, 0.1) is 11.3 Å². The van der Waals surface area contributed by atoms with Crippen LogP contribution in [0.4, 0.5) is 5.69 Å². The van der Waals surface area contributed by atoms with Crippen molar-refractivity contribution in [3.8, 4) is 6.07 Å². The van der Waals surface area contributed by atoms with Crippen molar-refractivity contribution in [2.45, 2.75) is 46.0 Å². The highest BCUT2D eigenvalue weighted by Crippen LogP contribution is 2.45. The Morgan fingerprint density at radius 2 is 1.95 bits per heavy atom. The van der Waals surface area contributed by atoms with Crippen LogP contribution in [0, 0.1) is 22.7 Å². The van der Waals surface area contributed by atoms with Crippen LogP contribution in [0.25, 0.3) is 0 Å². The number of nitrogens with zero attached hydrogens (tertiary/aromatic N) is 2. The second-order valence-corrected chi connectivity index (χ2v) is 6.58. The quantitative estimate of drug-likeness (QED) is 0.834. The lowest BCUT2D eigenvalue weighted by Crippen LogP contribution is -2.41. The lowest BCUT2D eigenvalue weighted by atomic mass is 9.77. The predicted octanol–water partition coefficient (Wildman–Crippen LogP) is 4.13. The molecule has 0 spiro atoms. The summed E-state index contributed by atoms with van der Waals surface area (Å²) in [6, 6.07) is 9.52. The summed E-state index contributed by atoms with van der Waals surface area (Å²) in [6.45, 7) is 4.35. The number of benzene rings is 1. The fourth-order valence-electron chi connectivity index (χ4n) is 3.66. The van der Waals surface area contributed by atoms with Gasteiger partial charge in [0.2, 0.25) is 5.91 Å². The van der Waals surface area contributed by atoms with Crippen molar-refractivity contribution in [1.82, 2.24) is 0 Å². The molecule has 1 aromatic rings. The Morgan fingerprint density at radius 3 is 2.52 bits per heavy atom. The molecule has 3 nitrogen and oxygen atoms in total. The molecule has 1 aliphatic rings. The largest absolute Gasteiger partial charge is 0.314 e. The first-order valence-electron chi connectivity index (χ1n) is 7.77. The molecule has 21 heavy (non-hydrogen) atoms. The van der Waals surface area contributed by atoms with Gasteiger partial charge in [-0.3, -0.25) is 4.79 Å². The van der Waals surface area contributed by atoms with Crippen LogP contribution in [0.5, 0.6) is 0 Å². The average Bonchev–Trinajstić information content (AvgIpc) is 2.94. The summed E-state index contributed by atoms with van der Waals surface area (Å²) in [5.74, 6) is 0.683. The topological polar surface area (TPSA) is 44.1 Å². The summed E-state index contributed by atoms with van der Waals surface area (Å²) in [4.78, 5) is 14.8. The SMILES string of the molecule is CC(C)CC1(C(=O)N(C)c2ccccc2C#N)CCCC1. The van der Waals surface area contributed by atoms with E-state index in [0.29, 0.717) is 11.5 Å². The highest BCUT2D eigenvalue weighted by molar-refractivity contribution is 5.98. The van der Waals surface area contributed by atoms with Gasteiger partial charge in [0, 0.05) is 12.5 Å². The third-order valence-corrected chi connectivity index (χ3v) is 4.50. The number of amides is 1. The van der Waals surface area contributed by atoms with Crippen molar-refractivity contribution in [3.05, 3.63) is 29.8 Å². The minimum absolute atomic E-state index is 0.177. The lowest BCUT2D eigenvalue weighted by molar-refractivity contribution is -0.128. The minimum atomic E-state index is -0.231. The van der Waals surface area contributed by atoms with E-state index in [4.69, 9.17) is 0 Å². The van der Waals surface area contributed by atoms with Crippen molar-refractivity contribution in [3.63, 3.8) is 0 Å². The Morgan fingerprint density at radius 1 is 1.33 bits per heavy atom. The lowest BCUT2D eigenvalue weighted by Gasteiger charge is -2.34. The summed E-state index contributed by atoms with van der Waals surface area (Å²) < 4.78 is 0. The van der Waals surface area contributed by atoms with E-state index in [0.717, 1.165) is 37.8 Å². The number of nitriles is 1. The number of carbonyl (C=O) groups is 1. The zero-order valence-electron chi connectivity index (χ0n) is 13.2. The maximum atomic E-state index is 13.1. The van der Waals surface area contributed by atoms with E-state index in [1.54, 1.807) is 18.0 Å². The monoisotopic (exact) mass is 284 g/mol. The third-order valence-electron chi connectivity index (χ3n) is 4.50. The normalized spacial score (nSPS) is 16.7. The predicted molar refractivity (Wildman–Crippen MR) is 84.9 cm³/mol. The summed E-state index contributed by atoms with van der Waals surface area (Å²) in [7, 11) is 1.80. The molecular formula is C18H24N2O. The van der Waals surface area contributed by atoms with Gasteiger partial charge in [-0.1, -0.05) is 38.8 Å². The van der Waals surface area contributed by atoms with Gasteiger partial charge in [0.25, 0.3) is 0 Å². The zero-order valence-corrected chi connectivity index (χ0v) is 13.2. The van der Waals surface area contributed by atoms with Gasteiger partial charge in [-0.15, -0.1) is 0 Å². The van der Waals surface area contributed by atoms with Crippen LogP contribution in [0.1, 0.15) is 51.5 Å².